The van der Waals surface area contributed by atoms with E-state index in [2.05, 4.69) is 21.2 Å². The highest BCUT2D eigenvalue weighted by Gasteiger charge is 2.14. The minimum absolute atomic E-state index is 0.0293. The van der Waals surface area contributed by atoms with E-state index in [0.29, 0.717) is 5.69 Å². The first-order valence-electron chi connectivity index (χ1n) is 6.75. The number of anilines is 1. The maximum absolute atomic E-state index is 10.8. The van der Waals surface area contributed by atoms with Crippen molar-refractivity contribution in [1.82, 2.24) is 0 Å². The summed E-state index contributed by atoms with van der Waals surface area (Å²) in [5.41, 5.74) is 1.87. The number of nitrogens with zero attached hydrogens (tertiary/aromatic N) is 2. The molecule has 0 unspecified atom stereocenters. The van der Waals surface area contributed by atoms with Crippen LogP contribution in [0, 0.1) is 21.4 Å². The van der Waals surface area contributed by atoms with E-state index in [4.69, 9.17) is 0 Å². The van der Waals surface area contributed by atoms with Crippen LogP contribution in [0.5, 0.6) is 0 Å². The number of halogens is 1. The van der Waals surface area contributed by atoms with E-state index >= 15 is 0 Å². The monoisotopic (exact) mass is 359 g/mol. The van der Waals surface area contributed by atoms with Crippen LogP contribution in [0.15, 0.2) is 46.9 Å². The third kappa shape index (κ3) is 3.62. The van der Waals surface area contributed by atoms with Crippen LogP contribution < -0.4 is 5.32 Å². The first-order chi connectivity index (χ1) is 10.5. The van der Waals surface area contributed by atoms with Crippen LogP contribution in [0.1, 0.15) is 30.5 Å². The van der Waals surface area contributed by atoms with Crippen LogP contribution in [0.4, 0.5) is 11.4 Å². The third-order valence-corrected chi connectivity index (χ3v) is 3.87. The molecule has 0 aromatic heterocycles. The minimum Gasteiger partial charge on any atom is -0.377 e. The van der Waals surface area contributed by atoms with Crippen molar-refractivity contribution in [2.45, 2.75) is 19.4 Å². The second-order valence-corrected chi connectivity index (χ2v) is 5.67. The molecule has 0 bridgehead atoms. The van der Waals surface area contributed by atoms with E-state index in [0.717, 1.165) is 16.5 Å². The van der Waals surface area contributed by atoms with Gasteiger partial charge in [0.15, 0.2) is 0 Å². The summed E-state index contributed by atoms with van der Waals surface area (Å²) >= 11 is 3.40. The average molecular weight is 360 g/mol. The fourth-order valence-corrected chi connectivity index (χ4v) is 2.43. The minimum atomic E-state index is -0.503. The fourth-order valence-electron chi connectivity index (χ4n) is 2.17. The first kappa shape index (κ1) is 16.0. The molecule has 0 aliphatic rings. The molecular weight excluding hydrogens is 346 g/mol. The standard InChI is InChI=1S/C16H14BrN3O2/c1-2-15(11-3-5-13(17)6-4-11)19-16-8-7-14(20(21)22)9-12(16)10-18/h3-9,15,19H,2H2,1H3/t15-/m0/s1. The summed E-state index contributed by atoms with van der Waals surface area (Å²) in [5.74, 6) is 0. The molecule has 5 nitrogen and oxygen atoms in total. The highest BCUT2D eigenvalue weighted by Crippen LogP contribution is 2.28. The lowest BCUT2D eigenvalue weighted by Gasteiger charge is -2.19. The van der Waals surface area contributed by atoms with E-state index < -0.39 is 4.92 Å². The van der Waals surface area contributed by atoms with Gasteiger partial charge in [0.1, 0.15) is 6.07 Å². The Kier molecular flexibility index (Phi) is 5.12. The Hall–Kier alpha value is -2.39. The lowest BCUT2D eigenvalue weighted by molar-refractivity contribution is -0.384. The molecule has 112 valence electrons. The molecule has 0 heterocycles. The molecule has 0 saturated carbocycles. The fraction of sp³-hybridized carbons (Fsp3) is 0.188. The van der Waals surface area contributed by atoms with Gasteiger partial charge in [0, 0.05) is 16.6 Å². The van der Waals surface area contributed by atoms with Gasteiger partial charge in [0.05, 0.1) is 22.2 Å². The summed E-state index contributed by atoms with van der Waals surface area (Å²) in [7, 11) is 0. The van der Waals surface area contributed by atoms with Crippen LogP contribution in [0.2, 0.25) is 0 Å². The van der Waals surface area contributed by atoms with Crippen molar-refractivity contribution < 1.29 is 4.92 Å². The van der Waals surface area contributed by atoms with Crippen molar-refractivity contribution in [3.8, 4) is 6.07 Å². The zero-order valence-electron chi connectivity index (χ0n) is 11.9. The molecule has 2 aromatic carbocycles. The molecule has 2 aromatic rings. The lowest BCUT2D eigenvalue weighted by Crippen LogP contribution is -2.10. The molecule has 0 radical (unpaired) electrons. The van der Waals surface area contributed by atoms with Gasteiger partial charge in [-0.05, 0) is 30.2 Å². The second kappa shape index (κ2) is 7.05. The van der Waals surface area contributed by atoms with E-state index in [1.54, 1.807) is 6.07 Å². The van der Waals surface area contributed by atoms with Crippen molar-refractivity contribution >= 4 is 27.3 Å². The highest BCUT2D eigenvalue weighted by molar-refractivity contribution is 9.10. The Labute approximate surface area is 136 Å². The molecule has 22 heavy (non-hydrogen) atoms. The van der Waals surface area contributed by atoms with Gasteiger partial charge in [-0.3, -0.25) is 10.1 Å². The average Bonchev–Trinajstić information content (AvgIpc) is 2.53. The molecule has 1 N–H and O–H groups in total. The van der Waals surface area contributed by atoms with Crippen molar-refractivity contribution in [3.05, 3.63) is 68.2 Å². The largest absolute Gasteiger partial charge is 0.377 e. The molecule has 2 rings (SSSR count). The van der Waals surface area contributed by atoms with E-state index in [1.807, 2.05) is 37.3 Å². The SMILES string of the molecule is CC[C@H](Nc1ccc([N+](=O)[O-])cc1C#N)c1ccc(Br)cc1. The van der Waals surface area contributed by atoms with Gasteiger partial charge in [-0.1, -0.05) is 35.0 Å². The maximum atomic E-state index is 10.8. The van der Waals surface area contributed by atoms with Crippen LogP contribution in [-0.4, -0.2) is 4.92 Å². The quantitative estimate of drug-likeness (QED) is 0.614. The normalized spacial score (nSPS) is 11.5. The Morgan fingerprint density at radius 1 is 1.32 bits per heavy atom. The number of rotatable bonds is 5. The Morgan fingerprint density at radius 2 is 2.00 bits per heavy atom. The molecule has 0 aliphatic heterocycles. The smallest absolute Gasteiger partial charge is 0.270 e. The number of nitro groups is 1. The van der Waals surface area contributed by atoms with Gasteiger partial charge in [0.25, 0.3) is 5.69 Å². The van der Waals surface area contributed by atoms with Crippen molar-refractivity contribution in [2.24, 2.45) is 0 Å². The molecule has 0 fully saturated rings. The Morgan fingerprint density at radius 3 is 2.55 bits per heavy atom. The zero-order valence-corrected chi connectivity index (χ0v) is 13.5. The topological polar surface area (TPSA) is 79.0 Å². The number of nitriles is 1. The van der Waals surface area contributed by atoms with Gasteiger partial charge in [0.2, 0.25) is 0 Å². The number of nitro benzene ring substituents is 1. The predicted octanol–water partition coefficient (Wildman–Crippen LogP) is 4.79. The summed E-state index contributed by atoms with van der Waals surface area (Å²) in [4.78, 5) is 10.3. The molecule has 0 amide bonds. The number of benzene rings is 2. The Bertz CT molecular complexity index is 723. The summed E-state index contributed by atoms with van der Waals surface area (Å²) in [6, 6.07) is 14.2. The zero-order chi connectivity index (χ0) is 16.1. The molecule has 0 spiro atoms. The van der Waals surface area contributed by atoms with Crippen molar-refractivity contribution in [2.75, 3.05) is 5.32 Å². The van der Waals surface area contributed by atoms with Crippen molar-refractivity contribution in [3.63, 3.8) is 0 Å². The van der Waals surface area contributed by atoms with Crippen LogP contribution in [-0.2, 0) is 0 Å². The van der Waals surface area contributed by atoms with Crippen LogP contribution in [0.25, 0.3) is 0 Å². The number of hydrogen-bond donors (Lipinski definition) is 1. The third-order valence-electron chi connectivity index (χ3n) is 3.34. The van der Waals surface area contributed by atoms with Crippen LogP contribution in [0.3, 0.4) is 0 Å². The van der Waals surface area contributed by atoms with E-state index in [-0.39, 0.29) is 17.3 Å². The molecule has 0 aliphatic carbocycles. The van der Waals surface area contributed by atoms with Gasteiger partial charge in [-0.2, -0.15) is 5.26 Å². The highest BCUT2D eigenvalue weighted by atomic mass is 79.9. The number of nitrogens with one attached hydrogen (secondary N) is 1. The van der Waals surface area contributed by atoms with E-state index in [1.165, 1.54) is 12.1 Å². The summed E-state index contributed by atoms with van der Waals surface area (Å²) in [5, 5.41) is 23.3. The van der Waals surface area contributed by atoms with Crippen LogP contribution >= 0.6 is 15.9 Å². The lowest BCUT2D eigenvalue weighted by atomic mass is 10.0. The maximum Gasteiger partial charge on any atom is 0.270 e. The summed E-state index contributed by atoms with van der Waals surface area (Å²) < 4.78 is 0.999. The first-order valence-corrected chi connectivity index (χ1v) is 7.55. The molecular formula is C16H14BrN3O2. The predicted molar refractivity (Wildman–Crippen MR) is 88.6 cm³/mol. The number of non-ortho nitro benzene ring substituents is 1. The van der Waals surface area contributed by atoms with Gasteiger partial charge < -0.3 is 5.32 Å². The van der Waals surface area contributed by atoms with Gasteiger partial charge >= 0.3 is 0 Å². The molecule has 6 heteroatoms. The van der Waals surface area contributed by atoms with E-state index in [9.17, 15) is 15.4 Å². The second-order valence-electron chi connectivity index (χ2n) is 4.76. The van der Waals surface area contributed by atoms with Gasteiger partial charge in [-0.15, -0.1) is 0 Å². The molecule has 0 saturated heterocycles. The Balaban J connectivity index is 2.30. The van der Waals surface area contributed by atoms with Gasteiger partial charge in [-0.25, -0.2) is 0 Å². The summed E-state index contributed by atoms with van der Waals surface area (Å²) in [6.45, 7) is 2.04. The molecule has 1 atom stereocenters. The van der Waals surface area contributed by atoms with Crippen molar-refractivity contribution in [1.29, 1.82) is 5.26 Å². The summed E-state index contributed by atoms with van der Waals surface area (Å²) in [6.07, 6.45) is 0.823. The number of hydrogen-bond acceptors (Lipinski definition) is 4.